The van der Waals surface area contributed by atoms with Gasteiger partial charge in [0.15, 0.2) is 0 Å². The summed E-state index contributed by atoms with van der Waals surface area (Å²) in [6, 6.07) is 5.79. The first-order valence-corrected chi connectivity index (χ1v) is 4.54. The first-order valence-electron chi connectivity index (χ1n) is 4.54. The largest absolute Gasteiger partial charge is 0.399 e. The van der Waals surface area contributed by atoms with Crippen LogP contribution in [0.15, 0.2) is 18.2 Å². The van der Waals surface area contributed by atoms with Crippen molar-refractivity contribution in [2.75, 3.05) is 19.8 Å². The molecule has 0 saturated heterocycles. The smallest absolute Gasteiger partial charge is 0.0944 e. The van der Waals surface area contributed by atoms with Crippen LogP contribution in [0.2, 0.25) is 0 Å². The Kier molecular flexibility index (Phi) is 2.13. The normalized spacial score (nSPS) is 11.4. The van der Waals surface area contributed by atoms with Crippen molar-refractivity contribution in [1.29, 1.82) is 0 Å². The minimum Gasteiger partial charge on any atom is -0.399 e. The number of hydrogen-bond donors (Lipinski definition) is 2. The van der Waals surface area contributed by atoms with E-state index in [1.807, 2.05) is 32.3 Å². The molecule has 0 amide bonds. The minimum absolute atomic E-state index is 0.750. The Morgan fingerprint density at radius 3 is 2.93 bits per heavy atom. The monoisotopic (exact) mass is 190 g/mol. The Labute approximate surface area is 82.7 Å². The first kappa shape index (κ1) is 9.02. The molecule has 0 aliphatic rings. The van der Waals surface area contributed by atoms with Crippen LogP contribution in [0.5, 0.6) is 0 Å². The Morgan fingerprint density at radius 2 is 2.21 bits per heavy atom. The van der Waals surface area contributed by atoms with Gasteiger partial charge in [-0.1, -0.05) is 0 Å². The molecule has 4 heteroatoms. The van der Waals surface area contributed by atoms with Gasteiger partial charge < -0.3 is 10.6 Å². The third-order valence-corrected chi connectivity index (χ3v) is 2.13. The van der Waals surface area contributed by atoms with Gasteiger partial charge in [-0.3, -0.25) is 5.10 Å². The van der Waals surface area contributed by atoms with Gasteiger partial charge in [0.2, 0.25) is 0 Å². The predicted octanol–water partition coefficient (Wildman–Crippen LogP) is 1.21. The standard InChI is InChI=1S/C10H14N4/c1-14(2)6-10-8-4-3-7(11)5-9(8)12-13-10/h3-5H,6,11H2,1-2H3,(H,12,13). The van der Waals surface area contributed by atoms with Gasteiger partial charge in [-0.05, 0) is 32.3 Å². The minimum atomic E-state index is 0.750. The number of fused-ring (bicyclic) bond motifs is 1. The fraction of sp³-hybridized carbons (Fsp3) is 0.300. The van der Waals surface area contributed by atoms with E-state index in [1.165, 1.54) is 0 Å². The molecule has 2 rings (SSSR count). The van der Waals surface area contributed by atoms with Crippen molar-refractivity contribution in [3.63, 3.8) is 0 Å². The summed E-state index contributed by atoms with van der Waals surface area (Å²) in [5.74, 6) is 0. The van der Waals surface area contributed by atoms with E-state index in [9.17, 15) is 0 Å². The summed E-state index contributed by atoms with van der Waals surface area (Å²) < 4.78 is 0. The van der Waals surface area contributed by atoms with Crippen molar-refractivity contribution in [2.24, 2.45) is 0 Å². The summed E-state index contributed by atoms with van der Waals surface area (Å²) in [6.45, 7) is 0.862. The van der Waals surface area contributed by atoms with E-state index in [2.05, 4.69) is 15.1 Å². The lowest BCUT2D eigenvalue weighted by Gasteiger charge is -2.07. The Balaban J connectivity index is 2.47. The number of nitrogens with zero attached hydrogens (tertiary/aromatic N) is 2. The maximum atomic E-state index is 5.67. The molecule has 0 spiro atoms. The quantitative estimate of drug-likeness (QED) is 0.700. The van der Waals surface area contributed by atoms with E-state index in [0.29, 0.717) is 0 Å². The molecule has 0 bridgehead atoms. The number of benzene rings is 1. The SMILES string of the molecule is CN(C)Cc1[nH]nc2cc(N)ccc12. The molecule has 1 aromatic heterocycles. The third kappa shape index (κ3) is 1.56. The van der Waals surface area contributed by atoms with Crippen molar-refractivity contribution >= 4 is 16.6 Å². The van der Waals surface area contributed by atoms with E-state index in [-0.39, 0.29) is 0 Å². The molecular weight excluding hydrogens is 176 g/mol. The van der Waals surface area contributed by atoms with Crippen LogP contribution in [0.25, 0.3) is 10.9 Å². The summed E-state index contributed by atoms with van der Waals surface area (Å²) in [4.78, 5) is 2.10. The summed E-state index contributed by atoms with van der Waals surface area (Å²) >= 11 is 0. The van der Waals surface area contributed by atoms with E-state index >= 15 is 0 Å². The van der Waals surface area contributed by atoms with Crippen LogP contribution < -0.4 is 5.73 Å². The van der Waals surface area contributed by atoms with Crippen LogP contribution in [0.3, 0.4) is 0 Å². The molecule has 1 aromatic carbocycles. The number of hydrogen-bond acceptors (Lipinski definition) is 3. The summed E-state index contributed by atoms with van der Waals surface area (Å²) in [5, 5.41) is 8.37. The van der Waals surface area contributed by atoms with Crippen molar-refractivity contribution in [2.45, 2.75) is 6.54 Å². The third-order valence-electron chi connectivity index (χ3n) is 2.13. The van der Waals surface area contributed by atoms with Gasteiger partial charge in [0, 0.05) is 17.6 Å². The molecule has 0 radical (unpaired) electrons. The van der Waals surface area contributed by atoms with Crippen LogP contribution in [-0.2, 0) is 6.54 Å². The van der Waals surface area contributed by atoms with E-state index in [4.69, 9.17) is 5.73 Å². The van der Waals surface area contributed by atoms with Crippen molar-refractivity contribution in [3.8, 4) is 0 Å². The van der Waals surface area contributed by atoms with Crippen LogP contribution in [0, 0.1) is 0 Å². The topological polar surface area (TPSA) is 57.9 Å². The van der Waals surface area contributed by atoms with Crippen LogP contribution in [-0.4, -0.2) is 29.2 Å². The number of nitrogens with two attached hydrogens (primary N) is 1. The zero-order valence-corrected chi connectivity index (χ0v) is 8.41. The van der Waals surface area contributed by atoms with Crippen LogP contribution in [0.4, 0.5) is 5.69 Å². The molecule has 0 unspecified atom stereocenters. The molecular formula is C10H14N4. The highest BCUT2D eigenvalue weighted by atomic mass is 15.2. The number of H-pyrrole nitrogens is 1. The maximum Gasteiger partial charge on any atom is 0.0944 e. The summed E-state index contributed by atoms with van der Waals surface area (Å²) in [5.41, 5.74) is 8.48. The second-order valence-electron chi connectivity index (χ2n) is 3.72. The molecule has 3 N–H and O–H groups in total. The van der Waals surface area contributed by atoms with Gasteiger partial charge in [-0.2, -0.15) is 5.10 Å². The average molecular weight is 190 g/mol. The molecule has 0 saturated carbocycles. The highest BCUT2D eigenvalue weighted by molar-refractivity contribution is 5.84. The van der Waals surface area contributed by atoms with Crippen molar-refractivity contribution in [3.05, 3.63) is 23.9 Å². The van der Waals surface area contributed by atoms with Gasteiger partial charge in [-0.15, -0.1) is 0 Å². The van der Waals surface area contributed by atoms with Gasteiger partial charge in [0.05, 0.1) is 11.2 Å². The molecule has 2 aromatic rings. The number of rotatable bonds is 2. The molecule has 0 atom stereocenters. The number of aromatic amines is 1. The fourth-order valence-electron chi connectivity index (χ4n) is 1.52. The second kappa shape index (κ2) is 3.31. The van der Waals surface area contributed by atoms with Crippen LogP contribution >= 0.6 is 0 Å². The van der Waals surface area contributed by atoms with Gasteiger partial charge in [-0.25, -0.2) is 0 Å². The molecule has 1 heterocycles. The van der Waals surface area contributed by atoms with E-state index in [1.54, 1.807) is 0 Å². The van der Waals surface area contributed by atoms with Gasteiger partial charge in [0.1, 0.15) is 0 Å². The average Bonchev–Trinajstić information content (AvgIpc) is 2.47. The summed E-state index contributed by atoms with van der Waals surface area (Å²) in [6.07, 6.45) is 0. The molecule has 0 fully saturated rings. The van der Waals surface area contributed by atoms with Crippen molar-refractivity contribution < 1.29 is 0 Å². The number of anilines is 1. The lowest BCUT2D eigenvalue weighted by atomic mass is 10.2. The molecule has 14 heavy (non-hydrogen) atoms. The Morgan fingerprint density at radius 1 is 1.43 bits per heavy atom. The Hall–Kier alpha value is -1.55. The predicted molar refractivity (Wildman–Crippen MR) is 57.9 cm³/mol. The molecule has 4 nitrogen and oxygen atoms in total. The lowest BCUT2D eigenvalue weighted by Crippen LogP contribution is -2.11. The van der Waals surface area contributed by atoms with E-state index in [0.717, 1.165) is 28.8 Å². The first-order chi connectivity index (χ1) is 6.66. The van der Waals surface area contributed by atoms with Crippen molar-refractivity contribution in [1.82, 2.24) is 15.1 Å². The molecule has 0 aliphatic heterocycles. The summed E-state index contributed by atoms with van der Waals surface area (Å²) in [7, 11) is 4.06. The number of nitrogens with one attached hydrogen (secondary N) is 1. The maximum absolute atomic E-state index is 5.67. The highest BCUT2D eigenvalue weighted by Crippen LogP contribution is 2.19. The van der Waals surface area contributed by atoms with E-state index < -0.39 is 0 Å². The fourth-order valence-corrected chi connectivity index (χ4v) is 1.52. The lowest BCUT2D eigenvalue weighted by molar-refractivity contribution is 0.398. The highest BCUT2D eigenvalue weighted by Gasteiger charge is 2.05. The second-order valence-corrected chi connectivity index (χ2v) is 3.72. The van der Waals surface area contributed by atoms with Crippen LogP contribution in [0.1, 0.15) is 5.69 Å². The molecule has 74 valence electrons. The zero-order valence-electron chi connectivity index (χ0n) is 8.41. The Bertz CT molecular complexity index is 444. The van der Waals surface area contributed by atoms with Gasteiger partial charge in [0.25, 0.3) is 0 Å². The number of nitrogen functional groups attached to an aromatic ring is 1. The van der Waals surface area contributed by atoms with Gasteiger partial charge >= 0.3 is 0 Å². The number of aromatic nitrogens is 2. The zero-order chi connectivity index (χ0) is 10.1. The molecule has 0 aliphatic carbocycles.